The van der Waals surface area contributed by atoms with Crippen LogP contribution in [-0.2, 0) is 9.84 Å². The summed E-state index contributed by atoms with van der Waals surface area (Å²) in [5.41, 5.74) is 0.202. The SMILES string of the molecule is CS(=O)(=O)c1ccccc1Nc1cc(Nc2ccc(F)cn2)ncc1C(=O)O. The van der Waals surface area contributed by atoms with E-state index in [0.717, 1.165) is 18.6 Å². The first-order chi connectivity index (χ1) is 13.2. The molecule has 3 N–H and O–H groups in total. The van der Waals surface area contributed by atoms with E-state index in [1.165, 1.54) is 30.3 Å². The Morgan fingerprint density at radius 3 is 2.36 bits per heavy atom. The molecule has 2 heterocycles. The first-order valence-corrected chi connectivity index (χ1v) is 9.81. The van der Waals surface area contributed by atoms with E-state index in [1.54, 1.807) is 12.1 Å². The summed E-state index contributed by atoms with van der Waals surface area (Å²) in [5, 5.41) is 15.1. The summed E-state index contributed by atoms with van der Waals surface area (Å²) in [6.45, 7) is 0. The fourth-order valence-electron chi connectivity index (χ4n) is 2.42. The Morgan fingerprint density at radius 2 is 1.71 bits per heavy atom. The molecule has 0 aliphatic rings. The van der Waals surface area contributed by atoms with Crippen LogP contribution in [0.5, 0.6) is 0 Å². The lowest BCUT2D eigenvalue weighted by Gasteiger charge is -2.14. The van der Waals surface area contributed by atoms with Crippen molar-refractivity contribution in [1.82, 2.24) is 9.97 Å². The van der Waals surface area contributed by atoms with Gasteiger partial charge in [-0.1, -0.05) is 12.1 Å². The Morgan fingerprint density at radius 1 is 1.00 bits per heavy atom. The second-order valence-electron chi connectivity index (χ2n) is 5.80. The Balaban J connectivity index is 2.00. The van der Waals surface area contributed by atoms with Gasteiger partial charge in [0.25, 0.3) is 0 Å². The highest BCUT2D eigenvalue weighted by atomic mass is 32.2. The van der Waals surface area contributed by atoms with Gasteiger partial charge in [-0.2, -0.15) is 0 Å². The predicted octanol–water partition coefficient (Wildman–Crippen LogP) is 3.20. The largest absolute Gasteiger partial charge is 0.478 e. The Bertz CT molecular complexity index is 1130. The molecule has 3 rings (SSSR count). The number of halogens is 1. The van der Waals surface area contributed by atoms with Crippen molar-refractivity contribution in [2.45, 2.75) is 4.90 Å². The molecule has 0 fully saturated rings. The van der Waals surface area contributed by atoms with Crippen molar-refractivity contribution in [3.05, 3.63) is 66.2 Å². The van der Waals surface area contributed by atoms with Gasteiger partial charge < -0.3 is 15.7 Å². The van der Waals surface area contributed by atoms with Crippen LogP contribution >= 0.6 is 0 Å². The third-order valence-electron chi connectivity index (χ3n) is 3.67. The molecule has 0 aliphatic carbocycles. The monoisotopic (exact) mass is 402 g/mol. The summed E-state index contributed by atoms with van der Waals surface area (Å²) in [6, 6.07) is 10.1. The Hall–Kier alpha value is -3.53. The number of hydrogen-bond donors (Lipinski definition) is 3. The molecular weight excluding hydrogens is 387 g/mol. The molecular formula is C18H15FN4O4S. The lowest BCUT2D eigenvalue weighted by atomic mass is 10.2. The molecule has 0 saturated heterocycles. The summed E-state index contributed by atoms with van der Waals surface area (Å²) < 4.78 is 36.9. The van der Waals surface area contributed by atoms with E-state index in [-0.39, 0.29) is 27.7 Å². The van der Waals surface area contributed by atoms with E-state index in [2.05, 4.69) is 20.6 Å². The molecule has 1 aromatic carbocycles. The summed E-state index contributed by atoms with van der Waals surface area (Å²) in [4.78, 5) is 19.4. The van der Waals surface area contributed by atoms with Gasteiger partial charge in [0.2, 0.25) is 0 Å². The molecule has 0 amide bonds. The number of nitrogens with zero attached hydrogens (tertiary/aromatic N) is 2. The number of anilines is 4. The van der Waals surface area contributed by atoms with Crippen LogP contribution in [0, 0.1) is 5.82 Å². The van der Waals surface area contributed by atoms with Crippen LogP contribution in [0.15, 0.2) is 59.8 Å². The first kappa shape index (κ1) is 19.2. The molecule has 10 heteroatoms. The number of carboxylic acid groups (broad SMARTS) is 1. The van der Waals surface area contributed by atoms with E-state index >= 15 is 0 Å². The molecule has 0 atom stereocenters. The molecule has 144 valence electrons. The number of sulfone groups is 1. The third kappa shape index (κ3) is 4.41. The normalized spacial score (nSPS) is 11.1. The molecule has 0 aliphatic heterocycles. The number of para-hydroxylation sites is 1. The van der Waals surface area contributed by atoms with Crippen molar-refractivity contribution < 1.29 is 22.7 Å². The lowest BCUT2D eigenvalue weighted by Crippen LogP contribution is -2.08. The highest BCUT2D eigenvalue weighted by Gasteiger charge is 2.17. The Labute approximate surface area is 160 Å². The van der Waals surface area contributed by atoms with Crippen molar-refractivity contribution in [2.75, 3.05) is 16.9 Å². The van der Waals surface area contributed by atoms with Crippen LogP contribution in [-0.4, -0.2) is 35.7 Å². The van der Waals surface area contributed by atoms with Gasteiger partial charge in [-0.15, -0.1) is 0 Å². The maximum atomic E-state index is 13.0. The second-order valence-corrected chi connectivity index (χ2v) is 7.78. The number of pyridine rings is 2. The zero-order chi connectivity index (χ0) is 20.3. The highest BCUT2D eigenvalue weighted by molar-refractivity contribution is 7.90. The van der Waals surface area contributed by atoms with Crippen molar-refractivity contribution in [3.63, 3.8) is 0 Å². The number of hydrogen-bond acceptors (Lipinski definition) is 7. The minimum absolute atomic E-state index is 0.0258. The highest BCUT2D eigenvalue weighted by Crippen LogP contribution is 2.28. The fourth-order valence-corrected chi connectivity index (χ4v) is 3.26. The van der Waals surface area contributed by atoms with Gasteiger partial charge in [-0.25, -0.2) is 27.6 Å². The third-order valence-corrected chi connectivity index (χ3v) is 4.83. The number of nitrogens with one attached hydrogen (secondary N) is 2. The van der Waals surface area contributed by atoms with Crippen LogP contribution in [0.2, 0.25) is 0 Å². The molecule has 28 heavy (non-hydrogen) atoms. The number of aromatic carboxylic acids is 1. The smallest absolute Gasteiger partial charge is 0.339 e. The van der Waals surface area contributed by atoms with Crippen LogP contribution in [0.3, 0.4) is 0 Å². The maximum absolute atomic E-state index is 13.0. The molecule has 0 unspecified atom stereocenters. The van der Waals surface area contributed by atoms with Gasteiger partial charge in [0, 0.05) is 18.5 Å². The van der Waals surface area contributed by atoms with E-state index in [0.29, 0.717) is 5.82 Å². The van der Waals surface area contributed by atoms with Crippen LogP contribution < -0.4 is 10.6 Å². The van der Waals surface area contributed by atoms with E-state index in [4.69, 9.17) is 0 Å². The zero-order valence-corrected chi connectivity index (χ0v) is 15.4. The lowest BCUT2D eigenvalue weighted by molar-refractivity contribution is 0.0697. The van der Waals surface area contributed by atoms with Gasteiger partial charge in [-0.05, 0) is 24.3 Å². The number of carbonyl (C=O) groups is 1. The first-order valence-electron chi connectivity index (χ1n) is 7.92. The van der Waals surface area contributed by atoms with Gasteiger partial charge in [0.1, 0.15) is 23.0 Å². The average molecular weight is 402 g/mol. The zero-order valence-electron chi connectivity index (χ0n) is 14.5. The van der Waals surface area contributed by atoms with Gasteiger partial charge >= 0.3 is 5.97 Å². The summed E-state index contributed by atoms with van der Waals surface area (Å²) in [5.74, 6) is -1.19. The van der Waals surface area contributed by atoms with E-state index in [9.17, 15) is 22.7 Å². The summed E-state index contributed by atoms with van der Waals surface area (Å²) in [6.07, 6.45) is 3.21. The molecule has 3 aromatic rings. The van der Waals surface area contributed by atoms with Crippen molar-refractivity contribution in [2.24, 2.45) is 0 Å². The van der Waals surface area contributed by atoms with Crippen LogP contribution in [0.25, 0.3) is 0 Å². The van der Waals surface area contributed by atoms with Crippen LogP contribution in [0.1, 0.15) is 10.4 Å². The molecule has 0 saturated carbocycles. The van der Waals surface area contributed by atoms with Crippen molar-refractivity contribution in [1.29, 1.82) is 0 Å². The van der Waals surface area contributed by atoms with Gasteiger partial charge in [-0.3, -0.25) is 0 Å². The van der Waals surface area contributed by atoms with Gasteiger partial charge in [0.05, 0.1) is 22.5 Å². The standard InChI is InChI=1S/C18H15FN4O4S/c1-28(26,27)15-5-3-2-4-13(15)22-14-8-17(21-10-12(14)18(24)25)23-16-7-6-11(19)9-20-16/h2-10H,1H3,(H,24,25)(H2,20,21,22,23). The molecule has 8 nitrogen and oxygen atoms in total. The van der Waals surface area contributed by atoms with E-state index in [1.807, 2.05) is 0 Å². The number of aromatic nitrogens is 2. The van der Waals surface area contributed by atoms with Crippen molar-refractivity contribution >= 4 is 38.8 Å². The Kier molecular flexibility index (Phi) is 5.23. The van der Waals surface area contributed by atoms with Crippen molar-refractivity contribution in [3.8, 4) is 0 Å². The quantitative estimate of drug-likeness (QED) is 0.575. The maximum Gasteiger partial charge on any atom is 0.339 e. The van der Waals surface area contributed by atoms with E-state index < -0.39 is 21.6 Å². The molecule has 2 aromatic heterocycles. The second kappa shape index (κ2) is 7.61. The number of carboxylic acids is 1. The van der Waals surface area contributed by atoms with Gasteiger partial charge in [0.15, 0.2) is 9.84 Å². The average Bonchev–Trinajstić information content (AvgIpc) is 2.63. The predicted molar refractivity (Wildman–Crippen MR) is 102 cm³/mol. The molecule has 0 radical (unpaired) electrons. The number of rotatable bonds is 6. The molecule has 0 bridgehead atoms. The van der Waals surface area contributed by atoms with Crippen LogP contribution in [0.4, 0.5) is 27.4 Å². The number of benzene rings is 1. The minimum Gasteiger partial charge on any atom is -0.478 e. The molecule has 0 spiro atoms. The summed E-state index contributed by atoms with van der Waals surface area (Å²) >= 11 is 0. The topological polar surface area (TPSA) is 121 Å². The minimum atomic E-state index is -3.54. The fraction of sp³-hybridized carbons (Fsp3) is 0.0556. The summed E-state index contributed by atoms with van der Waals surface area (Å²) in [7, 11) is -3.54.